The second kappa shape index (κ2) is 9.10. The molecule has 1 aliphatic heterocycles. The largest absolute Gasteiger partial charge is 0.490 e. The standard InChI is InChI=1S/C26H32N6O2/c1-19-4-5-24(22(23(19)15-33)7-9-30(2)3)34-21-13-26(14-21)16-31(17-26)11-8-27-20-6-10-32-18-28-29-25(32)12-20/h4-7,9-10,12,15,18,21,27H,8,11,13-14,16-17H2,1-3H3/b9-7-. The highest BCUT2D eigenvalue weighted by molar-refractivity contribution is 5.86. The van der Waals surface area contributed by atoms with Crippen LogP contribution < -0.4 is 10.1 Å². The Labute approximate surface area is 200 Å². The smallest absolute Gasteiger partial charge is 0.162 e. The highest BCUT2D eigenvalue weighted by Gasteiger charge is 2.53. The van der Waals surface area contributed by atoms with Gasteiger partial charge in [0, 0.05) is 74.8 Å². The van der Waals surface area contributed by atoms with Gasteiger partial charge in [0.15, 0.2) is 11.9 Å². The molecule has 178 valence electrons. The second-order valence-corrected chi connectivity index (χ2v) is 9.90. The van der Waals surface area contributed by atoms with Crippen LogP contribution in [0.15, 0.2) is 43.0 Å². The third-order valence-electron chi connectivity index (χ3n) is 6.91. The Hall–Kier alpha value is -3.39. The van der Waals surface area contributed by atoms with Gasteiger partial charge in [-0.3, -0.25) is 9.20 Å². The number of aromatic nitrogens is 3. The number of likely N-dealkylation sites (tertiary alicyclic amines) is 1. The van der Waals surface area contributed by atoms with Crippen LogP contribution in [0.4, 0.5) is 5.69 Å². The number of carbonyl (C=O) groups is 1. The van der Waals surface area contributed by atoms with Crippen molar-refractivity contribution in [3.05, 3.63) is 59.7 Å². The van der Waals surface area contributed by atoms with Crippen LogP contribution in [0.1, 0.15) is 34.3 Å². The van der Waals surface area contributed by atoms with Gasteiger partial charge in [-0.2, -0.15) is 0 Å². The van der Waals surface area contributed by atoms with Crippen LogP contribution in [0.2, 0.25) is 0 Å². The van der Waals surface area contributed by atoms with Crippen LogP contribution in [-0.4, -0.2) is 77.1 Å². The number of rotatable bonds is 9. The number of hydrogen-bond donors (Lipinski definition) is 1. The molecule has 1 spiro atoms. The summed E-state index contributed by atoms with van der Waals surface area (Å²) in [4.78, 5) is 16.2. The number of aldehydes is 1. The van der Waals surface area contributed by atoms with Gasteiger partial charge in [-0.05, 0) is 49.7 Å². The minimum absolute atomic E-state index is 0.212. The third-order valence-corrected chi connectivity index (χ3v) is 6.91. The molecular formula is C26H32N6O2. The molecule has 1 aromatic carbocycles. The first-order valence-electron chi connectivity index (χ1n) is 11.8. The molecule has 2 aliphatic rings. The fraction of sp³-hybridized carbons (Fsp3) is 0.423. The third kappa shape index (κ3) is 4.50. The van der Waals surface area contributed by atoms with E-state index in [1.54, 1.807) is 6.33 Å². The van der Waals surface area contributed by atoms with Crippen LogP contribution in [-0.2, 0) is 0 Å². The van der Waals surface area contributed by atoms with E-state index in [9.17, 15) is 4.79 Å². The average Bonchev–Trinajstić information content (AvgIpc) is 3.23. The number of carbonyl (C=O) groups excluding carboxylic acids is 1. The summed E-state index contributed by atoms with van der Waals surface area (Å²) in [7, 11) is 3.94. The highest BCUT2D eigenvalue weighted by atomic mass is 16.5. The van der Waals surface area contributed by atoms with Crippen molar-refractivity contribution in [2.24, 2.45) is 5.41 Å². The maximum atomic E-state index is 11.7. The molecule has 2 fully saturated rings. The van der Waals surface area contributed by atoms with Crippen molar-refractivity contribution in [3.8, 4) is 5.75 Å². The maximum Gasteiger partial charge on any atom is 0.162 e. The summed E-state index contributed by atoms with van der Waals surface area (Å²) in [5, 5.41) is 11.5. The lowest BCUT2D eigenvalue weighted by Crippen LogP contribution is -2.65. The van der Waals surface area contributed by atoms with Gasteiger partial charge >= 0.3 is 0 Å². The fourth-order valence-corrected chi connectivity index (χ4v) is 5.15. The van der Waals surface area contributed by atoms with Gasteiger partial charge in [0.2, 0.25) is 0 Å². The summed E-state index contributed by atoms with van der Waals surface area (Å²) in [6.07, 6.45) is 10.9. The SMILES string of the molecule is Cc1ccc(OC2CC3(C2)CN(CCNc2ccn4cnnc4c2)C3)c(/C=C\N(C)C)c1C=O. The number of pyridine rings is 1. The number of fused-ring (bicyclic) bond motifs is 1. The van der Waals surface area contributed by atoms with Crippen LogP contribution in [0.5, 0.6) is 5.75 Å². The van der Waals surface area contributed by atoms with Gasteiger partial charge in [0.25, 0.3) is 0 Å². The number of aryl methyl sites for hydroxylation is 1. The molecule has 0 atom stereocenters. The Kier molecular flexibility index (Phi) is 6.00. The molecule has 1 aliphatic carbocycles. The summed E-state index contributed by atoms with van der Waals surface area (Å²) in [6, 6.07) is 8.03. The Balaban J connectivity index is 1.10. The number of nitrogens with zero attached hydrogens (tertiary/aromatic N) is 5. The van der Waals surface area contributed by atoms with E-state index < -0.39 is 0 Å². The van der Waals surface area contributed by atoms with Crippen molar-refractivity contribution < 1.29 is 9.53 Å². The number of hydrogen-bond acceptors (Lipinski definition) is 7. The van der Waals surface area contributed by atoms with E-state index in [1.165, 1.54) is 0 Å². The number of ether oxygens (including phenoxy) is 1. The molecule has 2 aromatic heterocycles. The minimum atomic E-state index is 0.212. The molecule has 3 heterocycles. The molecule has 5 rings (SSSR count). The molecule has 0 unspecified atom stereocenters. The fourth-order valence-electron chi connectivity index (χ4n) is 5.15. The Morgan fingerprint density at radius 1 is 1.24 bits per heavy atom. The Morgan fingerprint density at radius 2 is 2.06 bits per heavy atom. The Morgan fingerprint density at radius 3 is 2.82 bits per heavy atom. The Bertz CT molecular complexity index is 1200. The molecule has 1 N–H and O–H groups in total. The average molecular weight is 461 g/mol. The topological polar surface area (TPSA) is 75.0 Å². The zero-order valence-corrected chi connectivity index (χ0v) is 20.1. The van der Waals surface area contributed by atoms with Gasteiger partial charge in [-0.25, -0.2) is 0 Å². The molecule has 8 nitrogen and oxygen atoms in total. The molecule has 34 heavy (non-hydrogen) atoms. The normalized spacial score (nSPS) is 17.6. The van der Waals surface area contributed by atoms with E-state index in [0.29, 0.717) is 11.0 Å². The lowest BCUT2D eigenvalue weighted by Gasteiger charge is -2.58. The quantitative estimate of drug-likeness (QED) is 0.491. The number of anilines is 1. The van der Waals surface area contributed by atoms with E-state index in [0.717, 1.165) is 73.5 Å². The first kappa shape index (κ1) is 22.4. The lowest BCUT2D eigenvalue weighted by molar-refractivity contribution is -0.117. The summed E-state index contributed by atoms with van der Waals surface area (Å²) in [6.45, 7) is 6.13. The zero-order chi connectivity index (χ0) is 23.7. The van der Waals surface area contributed by atoms with E-state index in [1.807, 2.05) is 73.1 Å². The van der Waals surface area contributed by atoms with Gasteiger partial charge in [-0.1, -0.05) is 6.07 Å². The molecular weight excluding hydrogens is 428 g/mol. The molecule has 8 heteroatoms. The van der Waals surface area contributed by atoms with Crippen LogP contribution in [0, 0.1) is 12.3 Å². The van der Waals surface area contributed by atoms with E-state index in [2.05, 4.69) is 20.4 Å². The minimum Gasteiger partial charge on any atom is -0.490 e. The first-order valence-corrected chi connectivity index (χ1v) is 11.8. The molecule has 0 amide bonds. The van der Waals surface area contributed by atoms with Crippen molar-refractivity contribution >= 4 is 23.7 Å². The van der Waals surface area contributed by atoms with Crippen LogP contribution in [0.25, 0.3) is 11.7 Å². The van der Waals surface area contributed by atoms with E-state index in [4.69, 9.17) is 4.74 Å². The van der Waals surface area contributed by atoms with Crippen molar-refractivity contribution in [1.82, 2.24) is 24.4 Å². The summed E-state index contributed by atoms with van der Waals surface area (Å²) < 4.78 is 8.27. The number of nitrogens with one attached hydrogen (secondary N) is 1. The van der Waals surface area contributed by atoms with Gasteiger partial charge < -0.3 is 19.9 Å². The van der Waals surface area contributed by atoms with Crippen LogP contribution >= 0.6 is 0 Å². The second-order valence-electron chi connectivity index (χ2n) is 9.90. The van der Waals surface area contributed by atoms with Crippen molar-refractivity contribution in [3.63, 3.8) is 0 Å². The van der Waals surface area contributed by atoms with Crippen LogP contribution in [0.3, 0.4) is 0 Å². The lowest BCUT2D eigenvalue weighted by atomic mass is 9.61. The molecule has 3 aromatic rings. The van der Waals surface area contributed by atoms with Gasteiger partial charge in [-0.15, -0.1) is 10.2 Å². The molecule has 0 radical (unpaired) electrons. The van der Waals surface area contributed by atoms with Gasteiger partial charge in [0.1, 0.15) is 12.1 Å². The predicted octanol–water partition coefficient (Wildman–Crippen LogP) is 3.34. The molecule has 0 bridgehead atoms. The number of benzene rings is 1. The monoisotopic (exact) mass is 460 g/mol. The summed E-state index contributed by atoms with van der Waals surface area (Å²) in [5.74, 6) is 0.802. The maximum absolute atomic E-state index is 11.7. The zero-order valence-electron chi connectivity index (χ0n) is 20.1. The van der Waals surface area contributed by atoms with E-state index in [-0.39, 0.29) is 6.10 Å². The van der Waals surface area contributed by atoms with E-state index >= 15 is 0 Å². The summed E-state index contributed by atoms with van der Waals surface area (Å²) in [5.41, 5.74) is 4.85. The molecule has 1 saturated carbocycles. The van der Waals surface area contributed by atoms with Crippen molar-refractivity contribution in [2.45, 2.75) is 25.9 Å². The van der Waals surface area contributed by atoms with Gasteiger partial charge in [0.05, 0.1) is 6.10 Å². The summed E-state index contributed by atoms with van der Waals surface area (Å²) >= 11 is 0. The van der Waals surface area contributed by atoms with Crippen molar-refractivity contribution in [2.75, 3.05) is 45.6 Å². The van der Waals surface area contributed by atoms with Crippen molar-refractivity contribution in [1.29, 1.82) is 0 Å². The predicted molar refractivity (Wildman–Crippen MR) is 133 cm³/mol. The highest BCUT2D eigenvalue weighted by Crippen LogP contribution is 2.49. The molecule has 1 saturated heterocycles. The first-order chi connectivity index (χ1) is 16.4.